The Morgan fingerprint density at radius 2 is 1.65 bits per heavy atom. The van der Waals surface area contributed by atoms with Gasteiger partial charge in [0.1, 0.15) is 0 Å². The lowest BCUT2D eigenvalue weighted by Crippen LogP contribution is -2.16. The van der Waals surface area contributed by atoms with E-state index < -0.39 is 12.3 Å². The van der Waals surface area contributed by atoms with Crippen LogP contribution in [0.2, 0.25) is 0 Å². The molecule has 1 atom stereocenters. The fraction of sp³-hybridized carbons (Fsp3) is 0.786. The SMILES string of the molecule is C=C(C)C(=O)OC([O])CCCCCCCCC. The number of carbonyl (C=O) groups excluding carboxylic acids is 1. The van der Waals surface area contributed by atoms with E-state index in [-0.39, 0.29) is 5.57 Å². The van der Waals surface area contributed by atoms with Gasteiger partial charge in [-0.2, -0.15) is 5.11 Å². The van der Waals surface area contributed by atoms with Crippen molar-refractivity contribution in [3.05, 3.63) is 12.2 Å². The second-order valence-corrected chi connectivity index (χ2v) is 4.53. The van der Waals surface area contributed by atoms with Crippen LogP contribution in [0.3, 0.4) is 0 Å². The van der Waals surface area contributed by atoms with Gasteiger partial charge in [-0.1, -0.05) is 52.0 Å². The van der Waals surface area contributed by atoms with Crippen LogP contribution in [0.15, 0.2) is 12.2 Å². The molecule has 0 aliphatic heterocycles. The summed E-state index contributed by atoms with van der Waals surface area (Å²) in [5.41, 5.74) is 0.283. The second kappa shape index (κ2) is 10.3. The van der Waals surface area contributed by atoms with Gasteiger partial charge in [0.05, 0.1) is 0 Å². The van der Waals surface area contributed by atoms with E-state index in [4.69, 9.17) is 0 Å². The van der Waals surface area contributed by atoms with Crippen LogP contribution < -0.4 is 0 Å². The van der Waals surface area contributed by atoms with Gasteiger partial charge in [-0.25, -0.2) is 4.79 Å². The van der Waals surface area contributed by atoms with E-state index in [1.165, 1.54) is 32.1 Å². The number of hydrogen-bond acceptors (Lipinski definition) is 2. The van der Waals surface area contributed by atoms with Gasteiger partial charge in [0.25, 0.3) is 0 Å². The van der Waals surface area contributed by atoms with Gasteiger partial charge < -0.3 is 4.74 Å². The Morgan fingerprint density at radius 3 is 2.18 bits per heavy atom. The maximum atomic E-state index is 11.3. The Hall–Kier alpha value is -0.830. The lowest BCUT2D eigenvalue weighted by atomic mass is 10.1. The maximum absolute atomic E-state index is 11.3. The maximum Gasteiger partial charge on any atom is 0.335 e. The summed E-state index contributed by atoms with van der Waals surface area (Å²) in [5, 5.41) is 11.3. The Balaban J connectivity index is 3.36. The van der Waals surface area contributed by atoms with E-state index in [2.05, 4.69) is 18.2 Å². The van der Waals surface area contributed by atoms with Gasteiger partial charge in [-0.05, 0) is 13.3 Å². The van der Waals surface area contributed by atoms with E-state index >= 15 is 0 Å². The molecule has 0 amide bonds. The van der Waals surface area contributed by atoms with Crippen LogP contribution in [0.5, 0.6) is 0 Å². The van der Waals surface area contributed by atoms with Crippen molar-refractivity contribution in [3.63, 3.8) is 0 Å². The Morgan fingerprint density at radius 1 is 1.12 bits per heavy atom. The molecule has 0 aromatic heterocycles. The van der Waals surface area contributed by atoms with Gasteiger partial charge in [0.15, 0.2) is 0 Å². The fourth-order valence-electron chi connectivity index (χ4n) is 1.55. The first kappa shape index (κ1) is 16.2. The number of rotatable bonds is 10. The van der Waals surface area contributed by atoms with Crippen LogP contribution >= 0.6 is 0 Å². The summed E-state index contributed by atoms with van der Waals surface area (Å²) in [6.45, 7) is 7.17. The van der Waals surface area contributed by atoms with Gasteiger partial charge in [0, 0.05) is 12.0 Å². The molecule has 0 heterocycles. The van der Waals surface area contributed by atoms with Crippen LogP contribution in [0, 0.1) is 0 Å². The first-order valence-electron chi connectivity index (χ1n) is 6.60. The van der Waals surface area contributed by atoms with E-state index in [0.29, 0.717) is 6.42 Å². The summed E-state index contributed by atoms with van der Waals surface area (Å²) < 4.78 is 4.66. The molecular weight excluding hydrogens is 216 g/mol. The highest BCUT2D eigenvalue weighted by atomic mass is 16.6. The van der Waals surface area contributed by atoms with Crippen LogP contribution in [-0.2, 0) is 14.6 Å². The van der Waals surface area contributed by atoms with Crippen LogP contribution in [-0.4, -0.2) is 12.3 Å². The molecule has 99 valence electrons. The minimum absolute atomic E-state index is 0.283. The quantitative estimate of drug-likeness (QED) is 0.251. The van der Waals surface area contributed by atoms with Crippen molar-refractivity contribution in [3.8, 4) is 0 Å². The van der Waals surface area contributed by atoms with E-state index in [9.17, 15) is 9.90 Å². The highest BCUT2D eigenvalue weighted by molar-refractivity contribution is 5.86. The van der Waals surface area contributed by atoms with Crippen LogP contribution in [0.25, 0.3) is 0 Å². The van der Waals surface area contributed by atoms with E-state index in [1.54, 1.807) is 6.92 Å². The molecule has 0 aliphatic carbocycles. The molecule has 1 radical (unpaired) electrons. The Bertz CT molecular complexity index is 224. The normalized spacial score (nSPS) is 12.2. The van der Waals surface area contributed by atoms with Crippen LogP contribution in [0.1, 0.15) is 65.2 Å². The monoisotopic (exact) mass is 241 g/mol. The summed E-state index contributed by atoms with van der Waals surface area (Å²) in [7, 11) is 0. The topological polar surface area (TPSA) is 46.2 Å². The average Bonchev–Trinajstić information content (AvgIpc) is 2.27. The molecule has 17 heavy (non-hydrogen) atoms. The zero-order valence-electron chi connectivity index (χ0n) is 11.2. The largest absolute Gasteiger partial charge is 0.430 e. The zero-order valence-corrected chi connectivity index (χ0v) is 11.2. The lowest BCUT2D eigenvalue weighted by molar-refractivity contribution is -0.175. The first-order chi connectivity index (χ1) is 8.07. The van der Waals surface area contributed by atoms with Crippen LogP contribution in [0.4, 0.5) is 0 Å². The van der Waals surface area contributed by atoms with Crippen molar-refractivity contribution in [2.24, 2.45) is 0 Å². The Kier molecular flexibility index (Phi) is 9.83. The molecule has 0 aromatic rings. The molecule has 3 nitrogen and oxygen atoms in total. The zero-order chi connectivity index (χ0) is 13.1. The third kappa shape index (κ3) is 10.1. The van der Waals surface area contributed by atoms with E-state index in [1.807, 2.05) is 0 Å². The van der Waals surface area contributed by atoms with Crippen molar-refractivity contribution in [2.45, 2.75) is 71.5 Å². The number of hydrogen-bond donors (Lipinski definition) is 0. The molecule has 0 N–H and O–H groups in total. The fourth-order valence-corrected chi connectivity index (χ4v) is 1.55. The summed E-state index contributed by atoms with van der Waals surface area (Å²) in [4.78, 5) is 11.0. The molecule has 0 saturated carbocycles. The molecule has 0 saturated heterocycles. The molecule has 3 heteroatoms. The molecule has 0 spiro atoms. The second-order valence-electron chi connectivity index (χ2n) is 4.53. The summed E-state index contributed by atoms with van der Waals surface area (Å²) >= 11 is 0. The van der Waals surface area contributed by atoms with Crippen molar-refractivity contribution >= 4 is 5.97 Å². The molecule has 0 bridgehead atoms. The minimum atomic E-state index is -1.23. The van der Waals surface area contributed by atoms with Crippen molar-refractivity contribution in [2.75, 3.05) is 0 Å². The number of unbranched alkanes of at least 4 members (excludes halogenated alkanes) is 6. The Labute approximate surface area is 105 Å². The summed E-state index contributed by atoms with van der Waals surface area (Å²) in [6.07, 6.45) is 7.30. The molecule has 0 aliphatic rings. The highest BCUT2D eigenvalue weighted by Gasteiger charge is 2.12. The predicted molar refractivity (Wildman–Crippen MR) is 68.0 cm³/mol. The minimum Gasteiger partial charge on any atom is -0.430 e. The molecular formula is C14H25O3. The van der Waals surface area contributed by atoms with Gasteiger partial charge in [-0.3, -0.25) is 0 Å². The molecule has 1 unspecified atom stereocenters. The van der Waals surface area contributed by atoms with Gasteiger partial charge in [-0.15, -0.1) is 0 Å². The summed E-state index contributed by atoms with van der Waals surface area (Å²) in [5.74, 6) is -0.576. The molecule has 0 aromatic carbocycles. The van der Waals surface area contributed by atoms with Crippen molar-refractivity contribution in [1.82, 2.24) is 0 Å². The third-order valence-electron chi connectivity index (χ3n) is 2.63. The van der Waals surface area contributed by atoms with E-state index in [0.717, 1.165) is 12.8 Å². The molecule has 0 rings (SSSR count). The number of ether oxygens (including phenoxy) is 1. The van der Waals surface area contributed by atoms with Crippen molar-refractivity contribution < 1.29 is 14.6 Å². The standard InChI is InChI=1S/C14H25O3/c1-4-5-6-7-8-9-10-11-13(15)17-14(16)12(2)3/h13H,2,4-11H2,1,3H3. The van der Waals surface area contributed by atoms with Gasteiger partial charge in [0.2, 0.25) is 6.29 Å². The lowest BCUT2D eigenvalue weighted by Gasteiger charge is -2.09. The number of esters is 1. The molecule has 0 fully saturated rings. The van der Waals surface area contributed by atoms with Crippen molar-refractivity contribution in [1.29, 1.82) is 0 Å². The summed E-state index contributed by atoms with van der Waals surface area (Å²) in [6, 6.07) is 0. The average molecular weight is 241 g/mol. The first-order valence-corrected chi connectivity index (χ1v) is 6.60. The highest BCUT2D eigenvalue weighted by Crippen LogP contribution is 2.11. The third-order valence-corrected chi connectivity index (χ3v) is 2.63. The smallest absolute Gasteiger partial charge is 0.335 e. The predicted octanol–water partition coefficient (Wildman–Crippen LogP) is 4.00. The number of carbonyl (C=O) groups is 1. The van der Waals surface area contributed by atoms with Gasteiger partial charge >= 0.3 is 5.97 Å².